The van der Waals surface area contributed by atoms with Crippen LogP contribution in [0.1, 0.15) is 34.8 Å². The predicted molar refractivity (Wildman–Crippen MR) is 139 cm³/mol. The Kier molecular flexibility index (Phi) is 7.72. The second kappa shape index (κ2) is 11.1. The number of rotatable bonds is 4. The highest BCUT2D eigenvalue weighted by atomic mass is 19.4. The Morgan fingerprint density at radius 1 is 1.19 bits per heavy atom. The van der Waals surface area contributed by atoms with E-state index in [-0.39, 0.29) is 61.5 Å². The average molecular weight is 590 g/mol. The summed E-state index contributed by atoms with van der Waals surface area (Å²) in [7, 11) is 0. The van der Waals surface area contributed by atoms with Gasteiger partial charge < -0.3 is 19.9 Å². The lowest BCUT2D eigenvalue weighted by Crippen LogP contribution is -2.42. The van der Waals surface area contributed by atoms with Gasteiger partial charge in [-0.15, -0.1) is 0 Å². The van der Waals surface area contributed by atoms with E-state index in [0.29, 0.717) is 6.07 Å². The Bertz CT molecular complexity index is 1520. The number of hydrogen-bond donors (Lipinski definition) is 1. The van der Waals surface area contributed by atoms with Crippen molar-refractivity contribution in [3.63, 3.8) is 0 Å². The number of carbonyl (C=O) groups excluding carboxylic acids is 3. The van der Waals surface area contributed by atoms with Crippen molar-refractivity contribution in [2.75, 3.05) is 37.7 Å². The molecule has 1 aromatic rings. The third-order valence-corrected chi connectivity index (χ3v) is 7.47. The van der Waals surface area contributed by atoms with E-state index in [4.69, 9.17) is 4.74 Å². The second-order valence-electron chi connectivity index (χ2n) is 10.2. The molecule has 1 aromatic carbocycles. The molecule has 9 nitrogen and oxygen atoms in total. The van der Waals surface area contributed by atoms with Crippen LogP contribution >= 0.6 is 0 Å². The number of allylic oxidation sites excluding steroid dienone is 3. The zero-order chi connectivity index (χ0) is 30.3. The number of dihydropyridines is 1. The molecule has 0 bridgehead atoms. The Morgan fingerprint density at radius 3 is 2.57 bits per heavy atom. The Hall–Kier alpha value is -4.38. The second-order valence-corrected chi connectivity index (χ2v) is 10.2. The fraction of sp³-hybridized carbons (Fsp3) is 0.393. The minimum Gasteiger partial charge on any atom is -0.378 e. The first kappa shape index (κ1) is 29.1. The molecule has 42 heavy (non-hydrogen) atoms. The van der Waals surface area contributed by atoms with Crippen molar-refractivity contribution in [3.05, 3.63) is 64.0 Å². The van der Waals surface area contributed by atoms with Crippen molar-refractivity contribution in [1.82, 2.24) is 10.2 Å². The number of fused-ring (bicyclic) bond motifs is 1. The van der Waals surface area contributed by atoms with Crippen molar-refractivity contribution in [2.24, 2.45) is 4.99 Å². The number of alkyl halides is 4. The molecule has 0 radical (unpaired) electrons. The highest BCUT2D eigenvalue weighted by Gasteiger charge is 2.43. The van der Waals surface area contributed by atoms with E-state index >= 15 is 0 Å². The quantitative estimate of drug-likeness (QED) is 0.540. The maximum absolute atomic E-state index is 14.4. The standard InChI is InChI=1S/C28H24F5N5O4/c1-14-8-16(35-26(40)18-11-22(39)36-24-17(18)2-3-21(29)23(24)30)13-38(14)25-19(27(41)37-4-6-42-7-5-37)9-15(12-34)10-20(25)28(31,32)33/h2-3,9-11,14,16,23H,4-8,13H2,1H3,(H,35,40)/t14-,16-,23?/m1/s1. The molecular weight excluding hydrogens is 565 g/mol. The van der Waals surface area contributed by atoms with E-state index in [1.807, 2.05) is 0 Å². The summed E-state index contributed by atoms with van der Waals surface area (Å²) < 4.78 is 76.5. The molecule has 1 unspecified atom stereocenters. The summed E-state index contributed by atoms with van der Waals surface area (Å²) in [6.45, 7) is 2.24. The summed E-state index contributed by atoms with van der Waals surface area (Å²) in [5, 5.41) is 12.1. The zero-order valence-corrected chi connectivity index (χ0v) is 22.2. The van der Waals surface area contributed by atoms with E-state index in [9.17, 15) is 41.6 Å². The van der Waals surface area contributed by atoms with Gasteiger partial charge >= 0.3 is 6.18 Å². The van der Waals surface area contributed by atoms with Crippen molar-refractivity contribution in [1.29, 1.82) is 5.26 Å². The third-order valence-electron chi connectivity index (χ3n) is 7.47. The van der Waals surface area contributed by atoms with Crippen LogP contribution in [-0.2, 0) is 20.5 Å². The number of nitrogens with zero attached hydrogens (tertiary/aromatic N) is 4. The number of nitriles is 1. The molecule has 1 N–H and O–H groups in total. The first-order valence-electron chi connectivity index (χ1n) is 13.0. The Morgan fingerprint density at radius 2 is 1.90 bits per heavy atom. The lowest BCUT2D eigenvalue weighted by molar-refractivity contribution is -0.137. The molecule has 3 aliphatic heterocycles. The number of nitrogens with one attached hydrogen (secondary N) is 1. The summed E-state index contributed by atoms with van der Waals surface area (Å²) in [6, 6.07) is 2.18. The maximum atomic E-state index is 14.4. The first-order chi connectivity index (χ1) is 19.9. The number of amides is 3. The summed E-state index contributed by atoms with van der Waals surface area (Å²) in [5.74, 6) is -3.62. The molecule has 220 valence electrons. The van der Waals surface area contributed by atoms with Crippen molar-refractivity contribution in [2.45, 2.75) is 37.8 Å². The van der Waals surface area contributed by atoms with E-state index in [1.54, 1.807) is 13.0 Å². The highest BCUT2D eigenvalue weighted by Crippen LogP contribution is 2.42. The number of benzene rings is 1. The predicted octanol–water partition coefficient (Wildman–Crippen LogP) is 3.17. The molecule has 5 rings (SSSR count). The molecule has 14 heteroatoms. The van der Waals surface area contributed by atoms with E-state index < -0.39 is 64.9 Å². The van der Waals surface area contributed by atoms with Gasteiger partial charge in [-0.25, -0.2) is 13.8 Å². The molecule has 0 saturated carbocycles. The highest BCUT2D eigenvalue weighted by molar-refractivity contribution is 6.25. The van der Waals surface area contributed by atoms with Gasteiger partial charge in [0.25, 0.3) is 17.7 Å². The monoisotopic (exact) mass is 589 g/mol. The van der Waals surface area contributed by atoms with E-state index in [0.717, 1.165) is 24.3 Å². The minimum atomic E-state index is -4.91. The van der Waals surface area contributed by atoms with Crippen LogP contribution in [0.25, 0.3) is 0 Å². The van der Waals surface area contributed by atoms with Crippen LogP contribution < -0.4 is 10.2 Å². The van der Waals surface area contributed by atoms with E-state index in [2.05, 4.69) is 10.3 Å². The molecule has 3 heterocycles. The van der Waals surface area contributed by atoms with Crippen molar-refractivity contribution >= 4 is 29.1 Å². The molecular formula is C28H24F5N5O4. The fourth-order valence-corrected chi connectivity index (χ4v) is 5.52. The fourth-order valence-electron chi connectivity index (χ4n) is 5.52. The topological polar surface area (TPSA) is 115 Å². The molecule has 3 atom stereocenters. The van der Waals surface area contributed by atoms with Crippen LogP contribution in [0.3, 0.4) is 0 Å². The van der Waals surface area contributed by atoms with Gasteiger partial charge in [0.15, 0.2) is 6.17 Å². The van der Waals surface area contributed by atoms with Gasteiger partial charge in [0.1, 0.15) is 5.83 Å². The third kappa shape index (κ3) is 5.44. The first-order valence-corrected chi connectivity index (χ1v) is 13.0. The van der Waals surface area contributed by atoms with E-state index in [1.165, 1.54) is 9.80 Å². The molecule has 0 spiro atoms. The van der Waals surface area contributed by atoms with Gasteiger partial charge in [0.05, 0.1) is 52.9 Å². The van der Waals surface area contributed by atoms with Gasteiger partial charge in [-0.05, 0) is 37.6 Å². The van der Waals surface area contributed by atoms with Crippen molar-refractivity contribution in [3.8, 4) is 6.07 Å². The van der Waals surface area contributed by atoms with Crippen molar-refractivity contribution < 1.29 is 41.1 Å². The number of morpholine rings is 1. The lowest BCUT2D eigenvalue weighted by Gasteiger charge is -2.32. The normalized spacial score (nSPS) is 24.2. The molecule has 0 aromatic heterocycles. The average Bonchev–Trinajstić information content (AvgIpc) is 3.32. The van der Waals surface area contributed by atoms with Crippen LogP contribution in [0, 0.1) is 11.3 Å². The largest absolute Gasteiger partial charge is 0.418 e. The van der Waals surface area contributed by atoms with Gasteiger partial charge in [-0.2, -0.15) is 18.4 Å². The molecule has 2 saturated heterocycles. The van der Waals surface area contributed by atoms with Crippen LogP contribution in [0.5, 0.6) is 0 Å². The maximum Gasteiger partial charge on any atom is 0.418 e. The number of ether oxygens (including phenoxy) is 1. The summed E-state index contributed by atoms with van der Waals surface area (Å²) >= 11 is 0. The van der Waals surface area contributed by atoms with Crippen LogP contribution in [0.15, 0.2) is 52.3 Å². The van der Waals surface area contributed by atoms with Gasteiger partial charge in [0, 0.05) is 43.4 Å². The number of halogens is 5. The van der Waals surface area contributed by atoms with Gasteiger partial charge in [-0.3, -0.25) is 14.4 Å². The smallest absolute Gasteiger partial charge is 0.378 e. The summed E-state index contributed by atoms with van der Waals surface area (Å²) in [5.41, 5.74) is -3.04. The summed E-state index contributed by atoms with van der Waals surface area (Å²) in [6.07, 6.45) is -4.23. The Balaban J connectivity index is 1.46. The molecule has 3 amide bonds. The lowest BCUT2D eigenvalue weighted by atomic mass is 9.90. The van der Waals surface area contributed by atoms with Crippen LogP contribution in [0.2, 0.25) is 0 Å². The molecule has 4 aliphatic rings. The number of anilines is 1. The van der Waals surface area contributed by atoms with Gasteiger partial charge in [0.2, 0.25) is 0 Å². The molecule has 2 fully saturated rings. The minimum absolute atomic E-state index is 0.0752. The Labute approximate surface area is 236 Å². The molecule has 1 aliphatic carbocycles. The summed E-state index contributed by atoms with van der Waals surface area (Å²) in [4.78, 5) is 45.0. The number of aliphatic imine (C=N–C) groups is 1. The number of hydrogen-bond acceptors (Lipinski definition) is 6. The van der Waals surface area contributed by atoms with Crippen LogP contribution in [0.4, 0.5) is 27.6 Å². The number of carbonyl (C=O) groups is 3. The van der Waals surface area contributed by atoms with Crippen LogP contribution in [-0.4, -0.2) is 79.4 Å². The van der Waals surface area contributed by atoms with Gasteiger partial charge in [-0.1, -0.05) is 0 Å². The SMILES string of the molecule is C[C@@H]1C[C@@H](NC(=O)C2=CC(=O)N=C3C2=CC=C(F)C3F)CN1c1c(C(=O)N2CCOCC2)cc(C#N)cc1C(F)(F)F. The zero-order valence-electron chi connectivity index (χ0n) is 22.2.